The highest BCUT2D eigenvalue weighted by molar-refractivity contribution is 7.17. The summed E-state index contributed by atoms with van der Waals surface area (Å²) in [5, 5.41) is 5.37. The lowest BCUT2D eigenvalue weighted by molar-refractivity contribution is -0.118. The first-order valence-electron chi connectivity index (χ1n) is 8.69. The monoisotopic (exact) mass is 409 g/mol. The van der Waals surface area contributed by atoms with Gasteiger partial charge in [0.25, 0.3) is 5.91 Å². The van der Waals surface area contributed by atoms with Crippen molar-refractivity contribution in [1.29, 1.82) is 0 Å². The number of fused-ring (bicyclic) bond motifs is 1. The molecule has 0 saturated carbocycles. The van der Waals surface area contributed by atoms with Crippen molar-refractivity contribution in [1.82, 2.24) is 9.97 Å². The second-order valence-electron chi connectivity index (χ2n) is 6.08. The third-order valence-electron chi connectivity index (χ3n) is 4.20. The number of anilines is 1. The van der Waals surface area contributed by atoms with E-state index in [9.17, 15) is 9.18 Å². The Morgan fingerprint density at radius 2 is 1.86 bits per heavy atom. The van der Waals surface area contributed by atoms with Crippen LogP contribution in [0.25, 0.3) is 21.3 Å². The molecular formula is C21H16FN3O3S. The zero-order valence-electron chi connectivity index (χ0n) is 15.4. The Labute approximate surface area is 170 Å². The second kappa shape index (κ2) is 8.24. The Bertz CT molecular complexity index is 1140. The van der Waals surface area contributed by atoms with Crippen LogP contribution in [0.4, 0.5) is 10.1 Å². The molecule has 0 spiro atoms. The van der Waals surface area contributed by atoms with Crippen LogP contribution in [-0.4, -0.2) is 29.6 Å². The lowest BCUT2D eigenvalue weighted by Gasteiger charge is -2.09. The molecule has 2 aromatic heterocycles. The van der Waals surface area contributed by atoms with Crippen molar-refractivity contribution in [3.63, 3.8) is 0 Å². The van der Waals surface area contributed by atoms with Gasteiger partial charge in [-0.25, -0.2) is 14.4 Å². The molecule has 4 aromatic rings. The fourth-order valence-electron chi connectivity index (χ4n) is 2.80. The normalized spacial score (nSPS) is 10.7. The molecule has 6 nitrogen and oxygen atoms in total. The standard InChI is InChI=1S/C21H16FN3O3S/c1-27-16-8-6-15(7-9-16)25-18(26)10-28-20-19-17(11-29-21(19)24-12-23-20)13-2-4-14(22)5-3-13/h2-9,11-12H,10H2,1H3,(H,25,26). The van der Waals surface area contributed by atoms with Crippen LogP contribution in [0.5, 0.6) is 11.6 Å². The van der Waals surface area contributed by atoms with E-state index in [4.69, 9.17) is 9.47 Å². The van der Waals surface area contributed by atoms with E-state index < -0.39 is 0 Å². The Morgan fingerprint density at radius 3 is 2.59 bits per heavy atom. The van der Waals surface area contributed by atoms with E-state index in [1.165, 1.54) is 29.8 Å². The maximum atomic E-state index is 13.3. The minimum atomic E-state index is -0.319. The van der Waals surface area contributed by atoms with Crippen LogP contribution in [0.15, 0.2) is 60.2 Å². The van der Waals surface area contributed by atoms with Crippen LogP contribution in [-0.2, 0) is 4.79 Å². The molecule has 146 valence electrons. The molecule has 8 heteroatoms. The number of rotatable bonds is 6. The highest BCUT2D eigenvalue weighted by Gasteiger charge is 2.15. The summed E-state index contributed by atoms with van der Waals surface area (Å²) in [5.74, 6) is 0.380. The number of hydrogen-bond donors (Lipinski definition) is 1. The summed E-state index contributed by atoms with van der Waals surface area (Å²) < 4.78 is 24.0. The van der Waals surface area contributed by atoms with Crippen molar-refractivity contribution >= 4 is 33.1 Å². The van der Waals surface area contributed by atoms with Gasteiger partial charge in [0, 0.05) is 16.6 Å². The number of aromatic nitrogens is 2. The minimum Gasteiger partial charge on any atom is -0.497 e. The molecule has 4 rings (SSSR count). The first kappa shape index (κ1) is 18.8. The third-order valence-corrected chi connectivity index (χ3v) is 5.09. The molecule has 2 heterocycles. The van der Waals surface area contributed by atoms with E-state index in [0.717, 1.165) is 16.0 Å². The lowest BCUT2D eigenvalue weighted by Crippen LogP contribution is -2.20. The summed E-state index contributed by atoms with van der Waals surface area (Å²) in [5.41, 5.74) is 2.28. The maximum absolute atomic E-state index is 13.3. The largest absolute Gasteiger partial charge is 0.497 e. The topological polar surface area (TPSA) is 73.3 Å². The van der Waals surface area contributed by atoms with E-state index in [1.54, 1.807) is 43.5 Å². The molecule has 1 N–H and O–H groups in total. The van der Waals surface area contributed by atoms with Crippen LogP contribution in [0.1, 0.15) is 0 Å². The Kier molecular flexibility index (Phi) is 5.35. The van der Waals surface area contributed by atoms with Gasteiger partial charge in [-0.15, -0.1) is 11.3 Å². The van der Waals surface area contributed by atoms with Crippen molar-refractivity contribution < 1.29 is 18.7 Å². The molecule has 0 radical (unpaired) electrons. The van der Waals surface area contributed by atoms with Crippen LogP contribution in [0.2, 0.25) is 0 Å². The van der Waals surface area contributed by atoms with E-state index in [2.05, 4.69) is 15.3 Å². The summed E-state index contributed by atoms with van der Waals surface area (Å²) in [6.07, 6.45) is 1.39. The summed E-state index contributed by atoms with van der Waals surface area (Å²) in [4.78, 5) is 21.4. The summed E-state index contributed by atoms with van der Waals surface area (Å²) in [7, 11) is 1.58. The number of nitrogens with zero attached hydrogens (tertiary/aromatic N) is 2. The molecule has 0 unspecified atom stereocenters. The predicted octanol–water partition coefficient (Wildman–Crippen LogP) is 4.52. The van der Waals surface area contributed by atoms with E-state index in [-0.39, 0.29) is 18.3 Å². The number of ether oxygens (including phenoxy) is 2. The summed E-state index contributed by atoms with van der Waals surface area (Å²) in [6, 6.07) is 13.1. The fourth-order valence-corrected chi connectivity index (χ4v) is 3.71. The van der Waals surface area contributed by atoms with Crippen LogP contribution >= 0.6 is 11.3 Å². The van der Waals surface area contributed by atoms with Crippen LogP contribution in [0.3, 0.4) is 0 Å². The highest BCUT2D eigenvalue weighted by Crippen LogP contribution is 2.37. The quantitative estimate of drug-likeness (QED) is 0.507. The van der Waals surface area contributed by atoms with E-state index in [1.807, 2.05) is 5.38 Å². The molecule has 0 saturated heterocycles. The number of amides is 1. The smallest absolute Gasteiger partial charge is 0.262 e. The minimum absolute atomic E-state index is 0.211. The van der Waals surface area contributed by atoms with Crippen molar-refractivity contribution in [3.05, 3.63) is 66.1 Å². The van der Waals surface area contributed by atoms with Crippen molar-refractivity contribution in [2.75, 3.05) is 19.0 Å². The number of halogens is 1. The van der Waals surface area contributed by atoms with Crippen LogP contribution in [0, 0.1) is 5.82 Å². The van der Waals surface area contributed by atoms with Gasteiger partial charge in [0.2, 0.25) is 5.88 Å². The molecule has 1 amide bonds. The zero-order valence-corrected chi connectivity index (χ0v) is 16.2. The number of carbonyl (C=O) groups excluding carboxylic acids is 1. The van der Waals surface area contributed by atoms with Crippen molar-refractivity contribution in [2.24, 2.45) is 0 Å². The number of thiophene rings is 1. The van der Waals surface area contributed by atoms with E-state index in [0.29, 0.717) is 22.7 Å². The Morgan fingerprint density at radius 1 is 1.10 bits per heavy atom. The van der Waals surface area contributed by atoms with Gasteiger partial charge >= 0.3 is 0 Å². The molecule has 0 aliphatic carbocycles. The van der Waals surface area contributed by atoms with E-state index >= 15 is 0 Å². The van der Waals surface area contributed by atoms with Gasteiger partial charge in [-0.2, -0.15) is 0 Å². The SMILES string of the molecule is COc1ccc(NC(=O)COc2ncnc3scc(-c4ccc(F)cc4)c23)cc1. The molecule has 2 aromatic carbocycles. The highest BCUT2D eigenvalue weighted by atomic mass is 32.1. The van der Waals surface area contributed by atoms with Crippen molar-refractivity contribution in [3.8, 4) is 22.8 Å². The average Bonchev–Trinajstić information content (AvgIpc) is 3.18. The van der Waals surface area contributed by atoms with Crippen molar-refractivity contribution in [2.45, 2.75) is 0 Å². The van der Waals surface area contributed by atoms with Gasteiger partial charge in [-0.1, -0.05) is 12.1 Å². The lowest BCUT2D eigenvalue weighted by atomic mass is 10.1. The van der Waals surface area contributed by atoms with Gasteiger partial charge in [-0.05, 0) is 42.0 Å². The molecule has 29 heavy (non-hydrogen) atoms. The van der Waals surface area contributed by atoms with Gasteiger partial charge in [0.05, 0.1) is 12.5 Å². The molecule has 0 bridgehead atoms. The summed E-state index contributed by atoms with van der Waals surface area (Å²) >= 11 is 1.43. The zero-order chi connectivity index (χ0) is 20.2. The second-order valence-corrected chi connectivity index (χ2v) is 6.94. The molecular weight excluding hydrogens is 393 g/mol. The predicted molar refractivity (Wildman–Crippen MR) is 110 cm³/mol. The average molecular weight is 409 g/mol. The van der Waals surface area contributed by atoms with Crippen LogP contribution < -0.4 is 14.8 Å². The molecule has 0 fully saturated rings. The number of nitrogens with one attached hydrogen (secondary N) is 1. The number of hydrogen-bond acceptors (Lipinski definition) is 6. The number of carbonyl (C=O) groups is 1. The number of benzene rings is 2. The first-order valence-corrected chi connectivity index (χ1v) is 9.57. The first-order chi connectivity index (χ1) is 14.1. The Balaban J connectivity index is 1.52. The van der Waals surface area contributed by atoms with Gasteiger partial charge in [-0.3, -0.25) is 4.79 Å². The summed E-state index contributed by atoms with van der Waals surface area (Å²) in [6.45, 7) is -0.211. The third kappa shape index (κ3) is 4.17. The van der Waals surface area contributed by atoms with Gasteiger partial charge in [0.15, 0.2) is 6.61 Å². The number of methoxy groups -OCH3 is 1. The Hall–Kier alpha value is -3.52. The molecule has 0 aliphatic rings. The fraction of sp³-hybridized carbons (Fsp3) is 0.0952. The molecule has 0 atom stereocenters. The maximum Gasteiger partial charge on any atom is 0.262 e. The van der Waals surface area contributed by atoms with Gasteiger partial charge in [0.1, 0.15) is 22.7 Å². The molecule has 0 aliphatic heterocycles. The van der Waals surface area contributed by atoms with Gasteiger partial charge < -0.3 is 14.8 Å².